The van der Waals surface area contributed by atoms with Crippen molar-refractivity contribution in [3.8, 4) is 5.69 Å². The molecular formula is C19H19N5O2S2. The lowest BCUT2D eigenvalue weighted by Gasteiger charge is -2.08. The highest BCUT2D eigenvalue weighted by molar-refractivity contribution is 7.99. The zero-order valence-electron chi connectivity index (χ0n) is 15.3. The molecule has 3 N–H and O–H groups in total. The Labute approximate surface area is 170 Å². The van der Waals surface area contributed by atoms with Gasteiger partial charge in [0.1, 0.15) is 10.8 Å². The largest absolute Gasteiger partial charge is 0.365 e. The molecule has 2 amide bonds. The molecule has 0 spiro atoms. The summed E-state index contributed by atoms with van der Waals surface area (Å²) >= 11 is 2.76. The fraction of sp³-hybridized carbons (Fsp3) is 0.263. The second-order valence-corrected chi connectivity index (χ2v) is 8.51. The van der Waals surface area contributed by atoms with Crippen molar-refractivity contribution in [2.45, 2.75) is 31.3 Å². The minimum Gasteiger partial charge on any atom is -0.365 e. The molecule has 0 aliphatic heterocycles. The van der Waals surface area contributed by atoms with Gasteiger partial charge >= 0.3 is 0 Å². The number of hydrogen-bond donors (Lipinski definition) is 2. The lowest BCUT2D eigenvalue weighted by atomic mass is 10.1. The van der Waals surface area contributed by atoms with Crippen molar-refractivity contribution in [2.75, 3.05) is 11.1 Å². The van der Waals surface area contributed by atoms with Gasteiger partial charge in [0.2, 0.25) is 5.91 Å². The summed E-state index contributed by atoms with van der Waals surface area (Å²) in [6.45, 7) is 1.87. The molecule has 1 aromatic carbocycles. The quantitative estimate of drug-likeness (QED) is 0.605. The second kappa shape index (κ2) is 7.76. The first-order valence-corrected chi connectivity index (χ1v) is 10.7. The van der Waals surface area contributed by atoms with E-state index in [1.165, 1.54) is 23.1 Å². The monoisotopic (exact) mass is 413 g/mol. The van der Waals surface area contributed by atoms with Crippen LogP contribution in [0.3, 0.4) is 0 Å². The normalized spacial score (nSPS) is 12.8. The zero-order valence-corrected chi connectivity index (χ0v) is 16.9. The van der Waals surface area contributed by atoms with Crippen LogP contribution in [0, 0.1) is 6.92 Å². The summed E-state index contributed by atoms with van der Waals surface area (Å²) in [5, 5.41) is 12.4. The van der Waals surface area contributed by atoms with Crippen LogP contribution < -0.4 is 11.1 Å². The Kier molecular flexibility index (Phi) is 5.19. The first-order valence-electron chi connectivity index (χ1n) is 8.89. The van der Waals surface area contributed by atoms with Crippen LogP contribution in [-0.4, -0.2) is 32.3 Å². The average molecular weight is 414 g/mol. The maximum absolute atomic E-state index is 12.5. The lowest BCUT2D eigenvalue weighted by molar-refractivity contribution is -0.113. The topological polar surface area (TPSA) is 103 Å². The number of primary amides is 1. The number of nitrogens with one attached hydrogen (secondary N) is 1. The predicted octanol–water partition coefficient (Wildman–Crippen LogP) is 2.96. The van der Waals surface area contributed by atoms with E-state index < -0.39 is 5.91 Å². The second-order valence-electron chi connectivity index (χ2n) is 6.46. The van der Waals surface area contributed by atoms with Crippen molar-refractivity contribution in [1.29, 1.82) is 0 Å². The number of aromatic nitrogens is 3. The van der Waals surface area contributed by atoms with E-state index in [-0.39, 0.29) is 11.7 Å². The standard InChI is InChI=1S/C19H19N5O2S2/c1-11-22-23-19(24(11)12-6-3-2-4-7-12)27-10-15(25)21-18-16(17(20)26)13-8-5-9-14(13)28-18/h2-4,6-7H,5,8-10H2,1H3,(H2,20,26)(H,21,25). The molecule has 1 aliphatic carbocycles. The maximum atomic E-state index is 12.5. The van der Waals surface area contributed by atoms with E-state index in [9.17, 15) is 9.59 Å². The van der Waals surface area contributed by atoms with Crippen LogP contribution in [0.4, 0.5) is 5.00 Å². The SMILES string of the molecule is Cc1nnc(SCC(=O)Nc2sc3c(c2C(N)=O)CCC3)n1-c1ccccc1. The number of hydrogen-bond acceptors (Lipinski definition) is 6. The number of rotatable bonds is 6. The molecular weight excluding hydrogens is 394 g/mol. The van der Waals surface area contributed by atoms with Gasteiger partial charge < -0.3 is 11.1 Å². The van der Waals surface area contributed by atoms with Gasteiger partial charge in [-0.3, -0.25) is 14.2 Å². The average Bonchev–Trinajstić information content (AvgIpc) is 3.34. The van der Waals surface area contributed by atoms with Gasteiger partial charge in [0, 0.05) is 10.6 Å². The molecule has 0 saturated heterocycles. The highest BCUT2D eigenvalue weighted by Gasteiger charge is 2.26. The molecule has 2 heterocycles. The Morgan fingerprint density at radius 1 is 1.25 bits per heavy atom. The molecule has 4 rings (SSSR count). The fourth-order valence-electron chi connectivity index (χ4n) is 3.36. The Morgan fingerprint density at radius 2 is 2.04 bits per heavy atom. The first kappa shape index (κ1) is 18.7. The van der Waals surface area contributed by atoms with Crippen molar-refractivity contribution in [3.63, 3.8) is 0 Å². The molecule has 28 heavy (non-hydrogen) atoms. The summed E-state index contributed by atoms with van der Waals surface area (Å²) in [5.41, 5.74) is 7.96. The number of nitrogens with two attached hydrogens (primary N) is 1. The number of carbonyl (C=O) groups is 2. The third kappa shape index (κ3) is 3.55. The Morgan fingerprint density at radius 3 is 2.79 bits per heavy atom. The number of carbonyl (C=O) groups excluding carboxylic acids is 2. The van der Waals surface area contributed by atoms with E-state index in [2.05, 4.69) is 15.5 Å². The van der Waals surface area contributed by atoms with Gasteiger partial charge in [0.15, 0.2) is 5.16 Å². The maximum Gasteiger partial charge on any atom is 0.251 e. The molecule has 0 radical (unpaired) electrons. The molecule has 0 fully saturated rings. The highest BCUT2D eigenvalue weighted by Crippen LogP contribution is 2.39. The van der Waals surface area contributed by atoms with Crippen molar-refractivity contribution in [3.05, 3.63) is 52.2 Å². The Balaban J connectivity index is 1.48. The zero-order chi connectivity index (χ0) is 19.7. The lowest BCUT2D eigenvalue weighted by Crippen LogP contribution is -2.19. The van der Waals surface area contributed by atoms with Crippen LogP contribution in [0.25, 0.3) is 5.69 Å². The summed E-state index contributed by atoms with van der Waals surface area (Å²) in [5.74, 6) is 0.223. The minimum absolute atomic E-state index is 0.158. The van der Waals surface area contributed by atoms with Crippen molar-refractivity contribution < 1.29 is 9.59 Å². The van der Waals surface area contributed by atoms with E-state index in [0.717, 1.165) is 41.2 Å². The number of aryl methyl sites for hydroxylation is 2. The van der Waals surface area contributed by atoms with E-state index >= 15 is 0 Å². The molecule has 144 valence electrons. The van der Waals surface area contributed by atoms with Crippen molar-refractivity contribution in [2.24, 2.45) is 5.73 Å². The van der Waals surface area contributed by atoms with Gasteiger partial charge in [-0.15, -0.1) is 21.5 Å². The molecule has 3 aromatic rings. The number of thioether (sulfide) groups is 1. The van der Waals surface area contributed by atoms with Gasteiger partial charge in [0.25, 0.3) is 5.91 Å². The van der Waals surface area contributed by atoms with Crippen LogP contribution in [-0.2, 0) is 17.6 Å². The van der Waals surface area contributed by atoms with Crippen LogP contribution >= 0.6 is 23.1 Å². The number of anilines is 1. The highest BCUT2D eigenvalue weighted by atomic mass is 32.2. The molecule has 9 heteroatoms. The predicted molar refractivity (Wildman–Crippen MR) is 110 cm³/mol. The number of para-hydroxylation sites is 1. The Hall–Kier alpha value is -2.65. The van der Waals surface area contributed by atoms with Crippen molar-refractivity contribution in [1.82, 2.24) is 14.8 Å². The molecule has 0 saturated carbocycles. The summed E-state index contributed by atoms with van der Waals surface area (Å²) in [6.07, 6.45) is 2.80. The fourth-order valence-corrected chi connectivity index (χ4v) is 5.46. The van der Waals surface area contributed by atoms with Gasteiger partial charge in [-0.1, -0.05) is 30.0 Å². The van der Waals surface area contributed by atoms with Gasteiger partial charge in [-0.25, -0.2) is 0 Å². The van der Waals surface area contributed by atoms with E-state index in [1.807, 2.05) is 41.8 Å². The van der Waals surface area contributed by atoms with Gasteiger partial charge in [-0.2, -0.15) is 0 Å². The van der Waals surface area contributed by atoms with Crippen LogP contribution in [0.15, 0.2) is 35.5 Å². The number of amides is 2. The van der Waals surface area contributed by atoms with Crippen LogP contribution in [0.1, 0.15) is 33.0 Å². The van der Waals surface area contributed by atoms with Crippen molar-refractivity contribution >= 4 is 39.9 Å². The third-order valence-electron chi connectivity index (χ3n) is 4.56. The van der Waals surface area contributed by atoms with Gasteiger partial charge in [0.05, 0.1) is 11.3 Å². The minimum atomic E-state index is -0.484. The summed E-state index contributed by atoms with van der Waals surface area (Å²) < 4.78 is 1.91. The number of nitrogens with zero attached hydrogens (tertiary/aromatic N) is 3. The summed E-state index contributed by atoms with van der Waals surface area (Å²) in [6, 6.07) is 9.76. The van der Waals surface area contributed by atoms with E-state index in [0.29, 0.717) is 15.7 Å². The molecule has 2 aromatic heterocycles. The molecule has 0 bridgehead atoms. The summed E-state index contributed by atoms with van der Waals surface area (Å²) in [4.78, 5) is 25.5. The van der Waals surface area contributed by atoms with Crippen LogP contribution in [0.5, 0.6) is 0 Å². The number of benzene rings is 1. The number of thiophene rings is 1. The molecule has 0 unspecified atom stereocenters. The van der Waals surface area contributed by atoms with Gasteiger partial charge in [-0.05, 0) is 43.9 Å². The smallest absolute Gasteiger partial charge is 0.251 e. The van der Waals surface area contributed by atoms with E-state index in [4.69, 9.17) is 5.73 Å². The molecule has 7 nitrogen and oxygen atoms in total. The third-order valence-corrected chi connectivity index (χ3v) is 6.70. The number of fused-ring (bicyclic) bond motifs is 1. The molecule has 1 aliphatic rings. The Bertz CT molecular complexity index is 1040. The summed E-state index contributed by atoms with van der Waals surface area (Å²) in [7, 11) is 0. The molecule has 0 atom stereocenters. The first-order chi connectivity index (χ1) is 13.5. The van der Waals surface area contributed by atoms with Crippen LogP contribution in [0.2, 0.25) is 0 Å². The van der Waals surface area contributed by atoms with E-state index in [1.54, 1.807) is 0 Å².